The molecule has 32 heavy (non-hydrogen) atoms. The van der Waals surface area contributed by atoms with Crippen LogP contribution in [0.5, 0.6) is 5.75 Å². The molecule has 0 spiro atoms. The molecule has 1 N–H and O–H groups in total. The van der Waals surface area contributed by atoms with Gasteiger partial charge in [0.15, 0.2) is 0 Å². The standard InChI is InChI=1S/C26H29F3O2S/c1-16-14-18(15-17(2)24(16)31-25(3,4)5)6-11-21(30)23-13-12-22(32-23)19-7-9-20(10-8-19)26(27,28)29/h7-10,12-15,21,30H,6,11H2,1-5H3. The molecule has 0 saturated carbocycles. The monoisotopic (exact) mass is 462 g/mol. The molecule has 3 aromatic rings. The van der Waals surface area contributed by atoms with E-state index in [2.05, 4.69) is 12.1 Å². The minimum Gasteiger partial charge on any atom is -0.488 e. The molecule has 6 heteroatoms. The summed E-state index contributed by atoms with van der Waals surface area (Å²) in [6.07, 6.45) is -3.70. The molecule has 1 heterocycles. The van der Waals surface area contributed by atoms with Crippen LogP contribution in [-0.4, -0.2) is 10.7 Å². The Kier molecular flexibility index (Phi) is 7.06. The maximum atomic E-state index is 12.8. The number of halogens is 3. The molecule has 172 valence electrons. The van der Waals surface area contributed by atoms with Crippen molar-refractivity contribution < 1.29 is 23.0 Å². The van der Waals surface area contributed by atoms with Crippen molar-refractivity contribution in [1.82, 2.24) is 0 Å². The lowest BCUT2D eigenvalue weighted by atomic mass is 10.00. The Balaban J connectivity index is 1.66. The van der Waals surface area contributed by atoms with Gasteiger partial charge in [-0.3, -0.25) is 0 Å². The van der Waals surface area contributed by atoms with Crippen molar-refractivity contribution in [3.8, 4) is 16.2 Å². The summed E-state index contributed by atoms with van der Waals surface area (Å²) in [5, 5.41) is 10.7. The number of alkyl halides is 3. The first-order valence-corrected chi connectivity index (χ1v) is 11.4. The van der Waals surface area contributed by atoms with Crippen LogP contribution < -0.4 is 4.74 Å². The maximum Gasteiger partial charge on any atom is 0.416 e. The fraction of sp³-hybridized carbons (Fsp3) is 0.385. The number of aryl methyl sites for hydroxylation is 3. The van der Waals surface area contributed by atoms with Crippen LogP contribution in [0.15, 0.2) is 48.5 Å². The highest BCUT2D eigenvalue weighted by Gasteiger charge is 2.30. The zero-order valence-corrected chi connectivity index (χ0v) is 19.8. The van der Waals surface area contributed by atoms with Gasteiger partial charge in [0.1, 0.15) is 11.4 Å². The van der Waals surface area contributed by atoms with Gasteiger partial charge in [-0.15, -0.1) is 11.3 Å². The predicted molar refractivity (Wildman–Crippen MR) is 124 cm³/mol. The number of hydrogen-bond acceptors (Lipinski definition) is 3. The second kappa shape index (κ2) is 9.28. The smallest absolute Gasteiger partial charge is 0.416 e. The van der Waals surface area contributed by atoms with E-state index >= 15 is 0 Å². The van der Waals surface area contributed by atoms with Gasteiger partial charge in [-0.05, 0) is 94.0 Å². The van der Waals surface area contributed by atoms with E-state index in [4.69, 9.17) is 4.74 Å². The Morgan fingerprint density at radius 2 is 1.53 bits per heavy atom. The topological polar surface area (TPSA) is 29.5 Å². The van der Waals surface area contributed by atoms with Gasteiger partial charge in [0, 0.05) is 9.75 Å². The number of thiophene rings is 1. The number of benzene rings is 2. The Morgan fingerprint density at radius 3 is 2.06 bits per heavy atom. The van der Waals surface area contributed by atoms with E-state index in [0.29, 0.717) is 18.4 Å². The lowest BCUT2D eigenvalue weighted by Gasteiger charge is -2.24. The Labute approximate surface area is 191 Å². The van der Waals surface area contributed by atoms with E-state index in [1.165, 1.54) is 23.5 Å². The third-order valence-corrected chi connectivity index (χ3v) is 6.32. The summed E-state index contributed by atoms with van der Waals surface area (Å²) in [5.74, 6) is 0.904. The van der Waals surface area contributed by atoms with Gasteiger partial charge >= 0.3 is 6.18 Å². The highest BCUT2D eigenvalue weighted by atomic mass is 32.1. The molecule has 0 fully saturated rings. The van der Waals surface area contributed by atoms with Crippen molar-refractivity contribution in [1.29, 1.82) is 0 Å². The average molecular weight is 463 g/mol. The van der Waals surface area contributed by atoms with E-state index in [-0.39, 0.29) is 5.60 Å². The molecule has 0 amide bonds. The first-order valence-electron chi connectivity index (χ1n) is 10.6. The molecule has 2 aromatic carbocycles. The molecular formula is C26H29F3O2S. The van der Waals surface area contributed by atoms with Crippen molar-refractivity contribution >= 4 is 11.3 Å². The lowest BCUT2D eigenvalue weighted by molar-refractivity contribution is -0.137. The van der Waals surface area contributed by atoms with Crippen LogP contribution in [-0.2, 0) is 12.6 Å². The summed E-state index contributed by atoms with van der Waals surface area (Å²) in [5.41, 5.74) is 3.07. The molecule has 0 saturated heterocycles. The normalized spacial score (nSPS) is 13.3. The zero-order valence-electron chi connectivity index (χ0n) is 19.0. The van der Waals surface area contributed by atoms with Crippen LogP contribution in [0.4, 0.5) is 13.2 Å². The Morgan fingerprint density at radius 1 is 0.938 bits per heavy atom. The van der Waals surface area contributed by atoms with Crippen molar-refractivity contribution in [2.75, 3.05) is 0 Å². The van der Waals surface area contributed by atoms with Crippen molar-refractivity contribution in [2.45, 2.75) is 65.3 Å². The van der Waals surface area contributed by atoms with E-state index in [1.54, 1.807) is 0 Å². The molecule has 0 aliphatic heterocycles. The average Bonchev–Trinajstić information content (AvgIpc) is 3.18. The van der Waals surface area contributed by atoms with Gasteiger partial charge < -0.3 is 9.84 Å². The van der Waals surface area contributed by atoms with Gasteiger partial charge in [-0.25, -0.2) is 0 Å². The number of aliphatic hydroxyl groups is 1. The minimum absolute atomic E-state index is 0.267. The van der Waals surface area contributed by atoms with E-state index in [9.17, 15) is 18.3 Å². The number of rotatable bonds is 6. The number of hydrogen-bond donors (Lipinski definition) is 1. The van der Waals surface area contributed by atoms with Crippen molar-refractivity contribution in [2.24, 2.45) is 0 Å². The maximum absolute atomic E-state index is 12.8. The first-order chi connectivity index (χ1) is 14.8. The molecule has 1 atom stereocenters. The Bertz CT molecular complexity index is 1040. The van der Waals surface area contributed by atoms with Gasteiger partial charge in [0.25, 0.3) is 0 Å². The first kappa shape index (κ1) is 24.3. The summed E-state index contributed by atoms with van der Waals surface area (Å²) in [7, 11) is 0. The van der Waals surface area contributed by atoms with Crippen LogP contribution >= 0.6 is 11.3 Å². The van der Waals surface area contributed by atoms with Gasteiger partial charge in [-0.1, -0.05) is 24.3 Å². The summed E-state index contributed by atoms with van der Waals surface area (Å²) in [4.78, 5) is 1.64. The largest absolute Gasteiger partial charge is 0.488 e. The molecule has 1 unspecified atom stereocenters. The van der Waals surface area contributed by atoms with E-state index < -0.39 is 17.8 Å². The molecule has 2 nitrogen and oxygen atoms in total. The second-order valence-electron chi connectivity index (χ2n) is 9.10. The molecule has 3 rings (SSSR count). The summed E-state index contributed by atoms with van der Waals surface area (Å²) in [6, 6.07) is 13.0. The molecular weight excluding hydrogens is 433 g/mol. The second-order valence-corrected chi connectivity index (χ2v) is 10.2. The fourth-order valence-electron chi connectivity index (χ4n) is 3.61. The summed E-state index contributed by atoms with van der Waals surface area (Å²) in [6.45, 7) is 10.1. The number of ether oxygens (including phenoxy) is 1. The third-order valence-electron chi connectivity index (χ3n) is 5.09. The Hall–Kier alpha value is -2.31. The molecule has 0 bridgehead atoms. The molecule has 0 aliphatic carbocycles. The van der Waals surface area contributed by atoms with Crippen LogP contribution in [0.25, 0.3) is 10.4 Å². The van der Waals surface area contributed by atoms with E-state index in [1.807, 2.05) is 46.8 Å². The molecule has 1 aromatic heterocycles. The molecule has 0 aliphatic rings. The number of aliphatic hydroxyl groups excluding tert-OH is 1. The lowest BCUT2D eigenvalue weighted by Crippen LogP contribution is -2.24. The fourth-order valence-corrected chi connectivity index (χ4v) is 4.64. The predicted octanol–water partition coefficient (Wildman–Crippen LogP) is 7.89. The van der Waals surface area contributed by atoms with Gasteiger partial charge in [0.05, 0.1) is 11.7 Å². The SMILES string of the molecule is Cc1cc(CCC(O)c2ccc(-c3ccc(C(F)(F)F)cc3)s2)cc(C)c1OC(C)(C)C. The van der Waals surface area contributed by atoms with Crippen molar-refractivity contribution in [3.63, 3.8) is 0 Å². The molecule has 0 radical (unpaired) electrons. The van der Waals surface area contributed by atoms with E-state index in [0.717, 1.165) is 44.3 Å². The quantitative estimate of drug-likeness (QED) is 0.403. The van der Waals surface area contributed by atoms with Crippen LogP contribution in [0.3, 0.4) is 0 Å². The van der Waals surface area contributed by atoms with Gasteiger partial charge in [-0.2, -0.15) is 13.2 Å². The van der Waals surface area contributed by atoms with Crippen LogP contribution in [0, 0.1) is 13.8 Å². The zero-order chi connectivity index (χ0) is 23.7. The summed E-state index contributed by atoms with van der Waals surface area (Å²) >= 11 is 1.41. The van der Waals surface area contributed by atoms with Crippen LogP contribution in [0.2, 0.25) is 0 Å². The van der Waals surface area contributed by atoms with Crippen LogP contribution in [0.1, 0.15) is 60.4 Å². The highest BCUT2D eigenvalue weighted by molar-refractivity contribution is 7.15. The third kappa shape index (κ3) is 6.14. The summed E-state index contributed by atoms with van der Waals surface area (Å²) < 4.78 is 44.4. The van der Waals surface area contributed by atoms with Gasteiger partial charge in [0.2, 0.25) is 0 Å². The minimum atomic E-state index is -4.34. The highest BCUT2D eigenvalue weighted by Crippen LogP contribution is 2.36. The van der Waals surface area contributed by atoms with Crippen molar-refractivity contribution in [3.05, 3.63) is 75.7 Å².